The van der Waals surface area contributed by atoms with Crippen LogP contribution in [0.25, 0.3) is 5.69 Å². The van der Waals surface area contributed by atoms with Gasteiger partial charge in [0.05, 0.1) is 18.4 Å². The minimum atomic E-state index is -6.10. The van der Waals surface area contributed by atoms with E-state index in [0.29, 0.717) is 10.3 Å². The number of ether oxygens (including phenoxy) is 1. The van der Waals surface area contributed by atoms with Gasteiger partial charge in [0.2, 0.25) is 0 Å². The Balaban J connectivity index is 2.15. The lowest BCUT2D eigenvalue weighted by molar-refractivity contribution is -0.378. The normalized spacial score (nSPS) is 15.2. The van der Waals surface area contributed by atoms with E-state index in [9.17, 15) is 35.9 Å². The zero-order valence-corrected chi connectivity index (χ0v) is 17.0. The number of hydrogen-bond donors (Lipinski definition) is 2. The minimum absolute atomic E-state index is 0.134. The molecule has 3 heterocycles. The molecule has 1 aromatic carbocycles. The average Bonchev–Trinajstić information content (AvgIpc) is 2.77. The number of pyridine rings is 1. The Kier molecular flexibility index (Phi) is 5.25. The second-order valence-corrected chi connectivity index (χ2v) is 7.10. The fourth-order valence-corrected chi connectivity index (χ4v) is 3.58. The van der Waals surface area contributed by atoms with Crippen LogP contribution < -0.4 is 26.3 Å². The van der Waals surface area contributed by atoms with Gasteiger partial charge < -0.3 is 10.1 Å². The summed E-state index contributed by atoms with van der Waals surface area (Å²) in [5.74, 6) is -1.57. The summed E-state index contributed by atoms with van der Waals surface area (Å²) in [7, 11) is 1.34. The number of anilines is 1. The largest absolute Gasteiger partial charge is 0.497 e. The van der Waals surface area contributed by atoms with Gasteiger partial charge in [-0.05, 0) is 30.3 Å². The van der Waals surface area contributed by atoms with E-state index in [2.05, 4.69) is 15.3 Å². The molecule has 0 bridgehead atoms. The number of fused-ring (bicyclic) bond motifs is 1. The van der Waals surface area contributed by atoms with Gasteiger partial charge in [0, 0.05) is 6.07 Å². The van der Waals surface area contributed by atoms with Crippen LogP contribution in [0.3, 0.4) is 0 Å². The van der Waals surface area contributed by atoms with Gasteiger partial charge in [0.1, 0.15) is 23.0 Å². The Hall–Kier alpha value is -4.10. The molecule has 0 atom stereocenters. The second kappa shape index (κ2) is 7.74. The molecule has 4 rings (SSSR count). The molecule has 178 valence electrons. The van der Waals surface area contributed by atoms with E-state index in [1.54, 1.807) is 4.98 Å². The smallest absolute Gasteiger partial charge is 0.427 e. The molecule has 0 unspecified atom stereocenters. The van der Waals surface area contributed by atoms with E-state index in [4.69, 9.17) is 4.74 Å². The van der Waals surface area contributed by atoms with Crippen molar-refractivity contribution in [2.24, 2.45) is 4.99 Å². The number of halogens is 6. The molecule has 2 aromatic heterocycles. The maximum Gasteiger partial charge on any atom is 0.427 e. The number of methoxy groups -OCH3 is 1. The van der Waals surface area contributed by atoms with E-state index < -0.39 is 46.4 Å². The van der Waals surface area contributed by atoms with Crippen LogP contribution >= 0.6 is 0 Å². The van der Waals surface area contributed by atoms with Crippen LogP contribution in [0.5, 0.6) is 5.75 Å². The molecular weight excluding hydrogens is 472 g/mol. The van der Waals surface area contributed by atoms with Gasteiger partial charge in [0.15, 0.2) is 12.4 Å². The Labute approximate surface area is 185 Å². The first-order valence-corrected chi connectivity index (χ1v) is 9.42. The number of aromatic nitrogens is 3. The van der Waals surface area contributed by atoms with Crippen LogP contribution in [0, 0.1) is 0 Å². The van der Waals surface area contributed by atoms with Crippen molar-refractivity contribution in [3.63, 3.8) is 0 Å². The molecule has 3 aromatic rings. The fraction of sp³-hybridized carbons (Fsp3) is 0.200. The van der Waals surface area contributed by atoms with Crippen molar-refractivity contribution in [2.75, 3.05) is 12.4 Å². The third kappa shape index (κ3) is 3.41. The topological polar surface area (TPSA) is 103 Å². The van der Waals surface area contributed by atoms with Crippen molar-refractivity contribution in [1.82, 2.24) is 9.55 Å². The SMILES string of the molecule is COc1ccc(-n2c3c(c(=O)[nH]c2=O)C(C(F)(F)F)(C(F)(F)F)N=C(c2ccc[nH+]c2)N3)cc1. The van der Waals surface area contributed by atoms with Crippen LogP contribution in [0.15, 0.2) is 63.4 Å². The first-order chi connectivity index (χ1) is 15.9. The quantitative estimate of drug-likeness (QED) is 0.556. The number of benzene rings is 1. The van der Waals surface area contributed by atoms with Crippen LogP contribution in [-0.4, -0.2) is 34.8 Å². The maximum absolute atomic E-state index is 14.3. The van der Waals surface area contributed by atoms with Gasteiger partial charge in [-0.25, -0.2) is 19.3 Å². The summed E-state index contributed by atoms with van der Waals surface area (Å²) in [5, 5.41) is 2.33. The molecule has 0 radical (unpaired) electrons. The summed E-state index contributed by atoms with van der Waals surface area (Å²) < 4.78 is 91.0. The number of hydrogen-bond acceptors (Lipinski definition) is 5. The molecule has 3 N–H and O–H groups in total. The minimum Gasteiger partial charge on any atom is -0.497 e. The highest BCUT2D eigenvalue weighted by atomic mass is 19.4. The van der Waals surface area contributed by atoms with E-state index in [-0.39, 0.29) is 11.3 Å². The summed E-state index contributed by atoms with van der Waals surface area (Å²) in [6.45, 7) is 0. The van der Waals surface area contributed by atoms with Crippen molar-refractivity contribution in [3.8, 4) is 11.4 Å². The summed E-state index contributed by atoms with van der Waals surface area (Å²) in [5.41, 5.74) is -10.2. The highest BCUT2D eigenvalue weighted by Gasteiger charge is 2.75. The van der Waals surface area contributed by atoms with Crippen LogP contribution in [-0.2, 0) is 5.54 Å². The fourth-order valence-electron chi connectivity index (χ4n) is 3.58. The van der Waals surface area contributed by atoms with Gasteiger partial charge in [-0.1, -0.05) is 0 Å². The molecule has 0 saturated heterocycles. The summed E-state index contributed by atoms with van der Waals surface area (Å²) in [4.78, 5) is 32.3. The standard InChI is InChI=1S/C20H13F6N5O3/c1-34-12-6-4-11(5-7-12)31-15-13(16(32)29-17(31)33)18(19(21,22)23,20(24,25)26)30-14(28-15)10-3-2-8-27-9-10/h2-9H,1H3,(H,28,30)(H,29,32,33)/p+1. The lowest BCUT2D eigenvalue weighted by Crippen LogP contribution is -2.59. The molecule has 1 aliphatic heterocycles. The predicted molar refractivity (Wildman–Crippen MR) is 106 cm³/mol. The van der Waals surface area contributed by atoms with Crippen molar-refractivity contribution in [3.05, 3.63) is 80.8 Å². The monoisotopic (exact) mass is 486 g/mol. The predicted octanol–water partition coefficient (Wildman–Crippen LogP) is 2.54. The van der Waals surface area contributed by atoms with Gasteiger partial charge in [-0.2, -0.15) is 26.3 Å². The summed E-state index contributed by atoms with van der Waals surface area (Å²) >= 11 is 0. The molecule has 0 saturated carbocycles. The number of alkyl halides is 6. The Morgan fingerprint density at radius 1 is 1.03 bits per heavy atom. The molecule has 0 aliphatic carbocycles. The van der Waals surface area contributed by atoms with Crippen molar-refractivity contribution in [1.29, 1.82) is 0 Å². The number of H-pyrrole nitrogens is 2. The summed E-state index contributed by atoms with van der Waals surface area (Å²) in [6.07, 6.45) is -9.71. The van der Waals surface area contributed by atoms with E-state index in [1.807, 2.05) is 0 Å². The molecule has 0 spiro atoms. The van der Waals surface area contributed by atoms with E-state index >= 15 is 0 Å². The average molecular weight is 486 g/mol. The maximum atomic E-state index is 14.3. The van der Waals surface area contributed by atoms with Crippen molar-refractivity contribution in [2.45, 2.75) is 17.9 Å². The zero-order chi connectivity index (χ0) is 24.9. The lowest BCUT2D eigenvalue weighted by Gasteiger charge is -2.38. The zero-order valence-electron chi connectivity index (χ0n) is 17.0. The number of aliphatic imine (C=N–C) groups is 1. The van der Waals surface area contributed by atoms with Gasteiger partial charge in [0.25, 0.3) is 11.1 Å². The Morgan fingerprint density at radius 2 is 1.68 bits per heavy atom. The number of nitrogens with zero attached hydrogens (tertiary/aromatic N) is 2. The van der Waals surface area contributed by atoms with E-state index in [0.717, 1.165) is 6.20 Å². The van der Waals surface area contributed by atoms with Crippen molar-refractivity contribution < 1.29 is 36.1 Å². The number of rotatable bonds is 3. The van der Waals surface area contributed by atoms with Gasteiger partial charge in [-0.15, -0.1) is 0 Å². The summed E-state index contributed by atoms with van der Waals surface area (Å²) in [6, 6.07) is 7.66. The number of amidine groups is 1. The van der Waals surface area contributed by atoms with Gasteiger partial charge in [-0.3, -0.25) is 9.78 Å². The Morgan fingerprint density at radius 3 is 2.21 bits per heavy atom. The first kappa shape index (κ1) is 23.1. The number of nitrogens with one attached hydrogen (secondary N) is 3. The van der Waals surface area contributed by atoms with E-state index in [1.165, 1.54) is 49.7 Å². The van der Waals surface area contributed by atoms with Crippen LogP contribution in [0.2, 0.25) is 0 Å². The van der Waals surface area contributed by atoms with Crippen LogP contribution in [0.1, 0.15) is 11.1 Å². The lowest BCUT2D eigenvalue weighted by atomic mass is 9.87. The molecular formula is C20H14F6N5O3+. The molecule has 34 heavy (non-hydrogen) atoms. The van der Waals surface area contributed by atoms with Crippen molar-refractivity contribution >= 4 is 11.7 Å². The molecule has 1 aliphatic rings. The highest BCUT2D eigenvalue weighted by Crippen LogP contribution is 2.55. The van der Waals surface area contributed by atoms with Crippen LogP contribution in [0.4, 0.5) is 32.2 Å². The molecule has 14 heteroatoms. The highest BCUT2D eigenvalue weighted by molar-refractivity contribution is 6.09. The second-order valence-electron chi connectivity index (χ2n) is 7.10. The first-order valence-electron chi connectivity index (χ1n) is 9.42. The molecule has 0 fully saturated rings. The third-order valence-electron chi connectivity index (χ3n) is 5.12. The third-order valence-corrected chi connectivity index (χ3v) is 5.12. The molecule has 8 nitrogen and oxygen atoms in total. The number of aromatic amines is 2. The van der Waals surface area contributed by atoms with Gasteiger partial charge >= 0.3 is 18.0 Å². The molecule has 0 amide bonds. The Bertz CT molecular complexity index is 1360.